The fourth-order valence-electron chi connectivity index (χ4n) is 8.90. The van der Waals surface area contributed by atoms with E-state index < -0.39 is 11.2 Å². The lowest BCUT2D eigenvalue weighted by atomic mass is 9.33. The van der Waals surface area contributed by atoms with Crippen LogP contribution in [-0.4, -0.2) is 47.0 Å². The van der Waals surface area contributed by atoms with Crippen LogP contribution in [0.4, 0.5) is 0 Å². The summed E-state index contributed by atoms with van der Waals surface area (Å²) in [6, 6.07) is 4.60. The molecule has 172 valence electrons. The Kier molecular flexibility index (Phi) is 3.79. The number of hydrogen-bond acceptors (Lipinski definition) is 5. The van der Waals surface area contributed by atoms with Crippen molar-refractivity contribution in [2.75, 3.05) is 13.7 Å². The van der Waals surface area contributed by atoms with Crippen molar-refractivity contribution < 1.29 is 14.6 Å². The molecule has 2 aliphatic heterocycles. The van der Waals surface area contributed by atoms with Crippen LogP contribution >= 0.6 is 0 Å². The highest BCUT2D eigenvalue weighted by Crippen LogP contribution is 2.77. The summed E-state index contributed by atoms with van der Waals surface area (Å²) < 4.78 is 13.5. The molecule has 4 fully saturated rings. The largest absolute Gasteiger partial charge is 0.486 e. The minimum absolute atomic E-state index is 0.0656. The zero-order chi connectivity index (χ0) is 22.9. The highest BCUT2D eigenvalue weighted by atomic mass is 16.6. The molecule has 5 heteroatoms. The molecular weight excluding hydrogens is 400 g/mol. The van der Waals surface area contributed by atoms with Gasteiger partial charge in [0, 0.05) is 42.0 Å². The van der Waals surface area contributed by atoms with Crippen LogP contribution in [-0.2, 0) is 16.6 Å². The molecular formula is C27H36N2O3. The van der Waals surface area contributed by atoms with Crippen LogP contribution in [0, 0.1) is 35.1 Å². The van der Waals surface area contributed by atoms with Crippen molar-refractivity contribution in [3.8, 4) is 11.9 Å². The van der Waals surface area contributed by atoms with Gasteiger partial charge in [-0.15, -0.1) is 0 Å². The van der Waals surface area contributed by atoms with E-state index in [1.165, 1.54) is 16.7 Å². The first-order chi connectivity index (χ1) is 15.0. The van der Waals surface area contributed by atoms with Crippen LogP contribution in [0.2, 0.25) is 0 Å². The number of benzene rings is 1. The molecule has 3 saturated carbocycles. The molecule has 1 aromatic carbocycles. The second-order valence-electron chi connectivity index (χ2n) is 12.4. The second kappa shape index (κ2) is 5.83. The number of methoxy groups -OCH3 is 1. The predicted octanol–water partition coefficient (Wildman–Crippen LogP) is 4.09. The van der Waals surface area contributed by atoms with E-state index in [0.717, 1.165) is 44.4 Å². The Morgan fingerprint density at radius 3 is 2.62 bits per heavy atom. The number of fused-ring (bicyclic) bond motifs is 2. The molecule has 0 radical (unpaired) electrons. The minimum Gasteiger partial charge on any atom is -0.486 e. The lowest BCUT2D eigenvalue weighted by molar-refractivity contribution is -0.309. The molecule has 2 heterocycles. The van der Waals surface area contributed by atoms with E-state index in [1.807, 2.05) is 14.0 Å². The Bertz CT molecular complexity index is 1050. The molecule has 1 aromatic rings. The van der Waals surface area contributed by atoms with Gasteiger partial charge in [-0.05, 0) is 62.5 Å². The summed E-state index contributed by atoms with van der Waals surface area (Å²) >= 11 is 0. The quantitative estimate of drug-likeness (QED) is 0.708. The third-order valence-corrected chi connectivity index (χ3v) is 10.9. The number of aryl methyl sites for hydroxylation is 1. The molecule has 7 unspecified atom stereocenters. The van der Waals surface area contributed by atoms with Crippen molar-refractivity contribution in [3.05, 3.63) is 28.8 Å². The Labute approximate surface area is 191 Å². The molecule has 4 aliphatic carbocycles. The third-order valence-electron chi connectivity index (χ3n) is 10.9. The van der Waals surface area contributed by atoms with Crippen molar-refractivity contribution in [2.24, 2.45) is 16.7 Å². The monoisotopic (exact) mass is 436 g/mol. The van der Waals surface area contributed by atoms with Gasteiger partial charge in [0.1, 0.15) is 17.5 Å². The smallest absolute Gasteiger partial charge is 0.179 e. The Balaban J connectivity index is 1.66. The molecule has 7 rings (SSSR count). The summed E-state index contributed by atoms with van der Waals surface area (Å²) in [7, 11) is 1.82. The maximum absolute atomic E-state index is 12.1. The number of rotatable bonds is 2. The van der Waals surface area contributed by atoms with Gasteiger partial charge in [0.2, 0.25) is 0 Å². The van der Waals surface area contributed by atoms with E-state index in [-0.39, 0.29) is 34.3 Å². The summed E-state index contributed by atoms with van der Waals surface area (Å²) in [6.45, 7) is 11.3. The maximum Gasteiger partial charge on any atom is 0.179 e. The van der Waals surface area contributed by atoms with Crippen LogP contribution < -0.4 is 4.74 Å². The van der Waals surface area contributed by atoms with Crippen LogP contribution in [0.25, 0.3) is 0 Å². The normalized spacial score (nSPS) is 42.7. The van der Waals surface area contributed by atoms with E-state index in [1.54, 1.807) is 0 Å². The molecule has 0 amide bonds. The fourth-order valence-corrected chi connectivity index (χ4v) is 8.90. The number of ether oxygens (including phenoxy) is 2. The molecule has 2 spiro atoms. The Morgan fingerprint density at radius 2 is 1.97 bits per heavy atom. The van der Waals surface area contributed by atoms with Crippen molar-refractivity contribution in [3.63, 3.8) is 0 Å². The van der Waals surface area contributed by atoms with Crippen LogP contribution in [0.3, 0.4) is 0 Å². The molecule has 0 aromatic heterocycles. The van der Waals surface area contributed by atoms with Crippen LogP contribution in [0.15, 0.2) is 12.1 Å². The summed E-state index contributed by atoms with van der Waals surface area (Å²) in [5, 5.41) is 22.2. The van der Waals surface area contributed by atoms with Gasteiger partial charge in [-0.1, -0.05) is 32.9 Å². The van der Waals surface area contributed by atoms with Gasteiger partial charge in [-0.2, -0.15) is 5.26 Å². The predicted molar refractivity (Wildman–Crippen MR) is 121 cm³/mol. The van der Waals surface area contributed by atoms with Gasteiger partial charge in [0.05, 0.1) is 5.60 Å². The van der Waals surface area contributed by atoms with Gasteiger partial charge in [0.15, 0.2) is 6.19 Å². The highest BCUT2D eigenvalue weighted by molar-refractivity contribution is 5.61. The van der Waals surface area contributed by atoms with Crippen molar-refractivity contribution >= 4 is 0 Å². The van der Waals surface area contributed by atoms with Gasteiger partial charge in [-0.3, -0.25) is 0 Å². The summed E-state index contributed by atoms with van der Waals surface area (Å²) in [6.07, 6.45) is 6.99. The standard InChI is InChI=1S/C27H36N2O3/c1-16-7-8-17-13-19-25-9-10-27(31-6,18(14-25)24(5,30)23(2,3)4)22-26(25,11-12-29(19)15-28)20(17)21(16)32-22/h7-8,18-19,22,30H,9-14H2,1-6H3. The maximum atomic E-state index is 12.1. The van der Waals surface area contributed by atoms with Gasteiger partial charge in [-0.25, -0.2) is 0 Å². The van der Waals surface area contributed by atoms with E-state index in [2.05, 4.69) is 50.9 Å². The molecule has 32 heavy (non-hydrogen) atoms. The van der Waals surface area contributed by atoms with E-state index in [9.17, 15) is 10.4 Å². The fraction of sp³-hybridized carbons (Fsp3) is 0.741. The number of piperidine rings is 1. The van der Waals surface area contributed by atoms with Gasteiger partial charge in [0.25, 0.3) is 0 Å². The Morgan fingerprint density at radius 1 is 1.22 bits per heavy atom. The summed E-state index contributed by atoms with van der Waals surface area (Å²) in [4.78, 5) is 2.05. The molecule has 1 saturated heterocycles. The van der Waals surface area contributed by atoms with E-state index >= 15 is 0 Å². The first-order valence-electron chi connectivity index (χ1n) is 12.2. The molecule has 1 N–H and O–H groups in total. The SMILES string of the molecule is COC12CCC3(CC1C(C)(O)C(C)(C)C)C1Cc4ccc(C)c5c4C3(CCN1C#N)C2O5. The molecule has 5 nitrogen and oxygen atoms in total. The van der Waals surface area contributed by atoms with Crippen molar-refractivity contribution in [1.82, 2.24) is 4.90 Å². The van der Waals surface area contributed by atoms with Gasteiger partial charge < -0.3 is 19.5 Å². The topological polar surface area (TPSA) is 65.7 Å². The van der Waals surface area contributed by atoms with Crippen LogP contribution in [0.1, 0.15) is 70.1 Å². The Hall–Kier alpha value is -1.77. The number of likely N-dealkylation sites (tertiary alicyclic amines) is 1. The average Bonchev–Trinajstić information content (AvgIpc) is 3.11. The zero-order valence-electron chi connectivity index (χ0n) is 20.3. The van der Waals surface area contributed by atoms with Gasteiger partial charge >= 0.3 is 0 Å². The minimum atomic E-state index is -0.933. The number of nitrogens with zero attached hydrogens (tertiary/aromatic N) is 2. The van der Waals surface area contributed by atoms with Crippen molar-refractivity contribution in [1.29, 1.82) is 5.26 Å². The summed E-state index contributed by atoms with van der Waals surface area (Å²) in [5.74, 6) is 0.990. The summed E-state index contributed by atoms with van der Waals surface area (Å²) in [5.41, 5.74) is 1.93. The highest BCUT2D eigenvalue weighted by Gasteiger charge is 2.82. The first-order valence-corrected chi connectivity index (χ1v) is 12.2. The van der Waals surface area contributed by atoms with E-state index in [0.29, 0.717) is 0 Å². The zero-order valence-corrected chi connectivity index (χ0v) is 20.3. The number of nitriles is 1. The number of aliphatic hydroxyl groups is 1. The molecule has 7 atom stereocenters. The number of hydrogen-bond donors (Lipinski definition) is 1. The van der Waals surface area contributed by atoms with E-state index in [4.69, 9.17) is 9.47 Å². The third kappa shape index (κ3) is 1.93. The molecule has 6 aliphatic rings. The lowest BCUT2D eigenvalue weighted by Gasteiger charge is -2.75. The average molecular weight is 437 g/mol. The second-order valence-corrected chi connectivity index (χ2v) is 12.4. The first kappa shape index (κ1) is 20.8. The van der Waals surface area contributed by atoms with Crippen molar-refractivity contribution in [2.45, 2.75) is 95.5 Å². The lowest BCUT2D eigenvalue weighted by Crippen LogP contribution is -2.83. The molecule has 4 bridgehead atoms. The van der Waals surface area contributed by atoms with Crippen LogP contribution in [0.5, 0.6) is 5.75 Å².